The van der Waals surface area contributed by atoms with Gasteiger partial charge in [-0.05, 0) is 49.6 Å². The predicted molar refractivity (Wildman–Crippen MR) is 123 cm³/mol. The number of nitrogens with zero attached hydrogens (tertiary/aromatic N) is 2. The van der Waals surface area contributed by atoms with Gasteiger partial charge in [0.05, 0.1) is 12.8 Å². The molecule has 0 unspecified atom stereocenters. The summed E-state index contributed by atoms with van der Waals surface area (Å²) in [6.45, 7) is 7.01. The van der Waals surface area contributed by atoms with E-state index in [2.05, 4.69) is 51.7 Å². The molecule has 3 aromatic rings. The topological polar surface area (TPSA) is 88.6 Å². The van der Waals surface area contributed by atoms with Gasteiger partial charge in [0.15, 0.2) is 11.5 Å². The molecule has 3 rings (SSSR count). The van der Waals surface area contributed by atoms with Crippen LogP contribution in [0.25, 0.3) is 0 Å². The molecule has 7 nitrogen and oxygen atoms in total. The van der Waals surface area contributed by atoms with Gasteiger partial charge in [0.2, 0.25) is 5.95 Å². The van der Waals surface area contributed by atoms with Crippen molar-refractivity contribution in [3.05, 3.63) is 81.3 Å². The van der Waals surface area contributed by atoms with Crippen molar-refractivity contribution in [1.82, 2.24) is 9.97 Å². The lowest BCUT2D eigenvalue weighted by Gasteiger charge is -2.13. The molecular weight excluding hydrogens is 392 g/mol. The van der Waals surface area contributed by atoms with E-state index in [-0.39, 0.29) is 5.56 Å². The van der Waals surface area contributed by atoms with Crippen molar-refractivity contribution >= 4 is 12.2 Å². The number of aryl methyl sites for hydroxylation is 2. The fourth-order valence-corrected chi connectivity index (χ4v) is 2.95. The molecule has 0 amide bonds. The number of aromatic amines is 1. The Kier molecular flexibility index (Phi) is 7.81. The zero-order chi connectivity index (χ0) is 22.1. The fraction of sp³-hybridized carbons (Fsp3) is 0.292. The number of nitrogens with one attached hydrogen (secondary N) is 2. The van der Waals surface area contributed by atoms with E-state index in [0.29, 0.717) is 30.7 Å². The number of benzene rings is 2. The molecule has 0 spiro atoms. The molecule has 2 aromatic carbocycles. The second kappa shape index (κ2) is 11.0. The van der Waals surface area contributed by atoms with Gasteiger partial charge in [-0.2, -0.15) is 5.10 Å². The Balaban J connectivity index is 1.68. The van der Waals surface area contributed by atoms with Crippen molar-refractivity contribution < 1.29 is 9.47 Å². The third-order valence-electron chi connectivity index (χ3n) is 4.47. The first-order valence-electron chi connectivity index (χ1n) is 10.4. The second-order valence-electron chi connectivity index (χ2n) is 7.12. The van der Waals surface area contributed by atoms with Gasteiger partial charge in [-0.1, -0.05) is 43.2 Å². The molecule has 1 heterocycles. The molecule has 31 heavy (non-hydrogen) atoms. The number of ether oxygens (including phenoxy) is 2. The Hall–Kier alpha value is -3.61. The largest absolute Gasteiger partial charge is 0.490 e. The SMILES string of the molecule is CCCc1cc(=O)[nH]c(N/N=C/c2ccc(OCc3ccc(C)cc3)c(OCC)c2)n1. The van der Waals surface area contributed by atoms with E-state index in [1.807, 2.05) is 32.0 Å². The molecule has 0 aliphatic carbocycles. The van der Waals surface area contributed by atoms with Crippen LogP contribution < -0.4 is 20.5 Å². The van der Waals surface area contributed by atoms with Gasteiger partial charge in [0, 0.05) is 11.8 Å². The number of anilines is 1. The van der Waals surface area contributed by atoms with Crippen molar-refractivity contribution in [2.24, 2.45) is 5.10 Å². The molecule has 0 fully saturated rings. The van der Waals surface area contributed by atoms with Gasteiger partial charge < -0.3 is 9.47 Å². The molecule has 0 aliphatic rings. The van der Waals surface area contributed by atoms with Gasteiger partial charge in [-0.3, -0.25) is 9.78 Å². The van der Waals surface area contributed by atoms with E-state index >= 15 is 0 Å². The summed E-state index contributed by atoms with van der Waals surface area (Å²) in [5, 5.41) is 4.18. The highest BCUT2D eigenvalue weighted by Crippen LogP contribution is 2.29. The minimum absolute atomic E-state index is 0.204. The van der Waals surface area contributed by atoms with Crippen molar-refractivity contribution in [2.45, 2.75) is 40.2 Å². The lowest BCUT2D eigenvalue weighted by Crippen LogP contribution is -2.12. The Morgan fingerprint density at radius 1 is 1.06 bits per heavy atom. The van der Waals surface area contributed by atoms with E-state index in [1.165, 1.54) is 11.6 Å². The predicted octanol–water partition coefficient (Wildman–Crippen LogP) is 4.45. The summed E-state index contributed by atoms with van der Waals surface area (Å²) in [5.41, 5.74) is 6.44. The highest BCUT2D eigenvalue weighted by Gasteiger charge is 2.07. The number of hydrogen-bond donors (Lipinski definition) is 2. The molecular formula is C24H28N4O3. The molecule has 0 saturated carbocycles. The summed E-state index contributed by atoms with van der Waals surface area (Å²) in [7, 11) is 0. The van der Waals surface area contributed by atoms with Crippen LogP contribution in [-0.2, 0) is 13.0 Å². The Morgan fingerprint density at radius 3 is 2.61 bits per heavy atom. The minimum Gasteiger partial charge on any atom is -0.490 e. The summed E-state index contributed by atoms with van der Waals surface area (Å²) in [4.78, 5) is 18.7. The summed E-state index contributed by atoms with van der Waals surface area (Å²) < 4.78 is 11.7. The maximum absolute atomic E-state index is 11.7. The van der Waals surface area contributed by atoms with Crippen molar-refractivity contribution in [1.29, 1.82) is 0 Å². The molecule has 7 heteroatoms. The number of aromatic nitrogens is 2. The van der Waals surface area contributed by atoms with E-state index in [4.69, 9.17) is 9.47 Å². The van der Waals surface area contributed by atoms with Crippen LogP contribution in [0.1, 0.15) is 42.7 Å². The monoisotopic (exact) mass is 420 g/mol. The number of hydrogen-bond acceptors (Lipinski definition) is 6. The third kappa shape index (κ3) is 6.70. The highest BCUT2D eigenvalue weighted by molar-refractivity contribution is 5.81. The van der Waals surface area contributed by atoms with Crippen LogP contribution in [0.5, 0.6) is 11.5 Å². The van der Waals surface area contributed by atoms with E-state index in [9.17, 15) is 4.79 Å². The Bertz CT molecular complexity index is 1070. The summed E-state index contributed by atoms with van der Waals surface area (Å²) in [6.07, 6.45) is 3.29. The van der Waals surface area contributed by atoms with Crippen LogP contribution >= 0.6 is 0 Å². The second-order valence-corrected chi connectivity index (χ2v) is 7.12. The summed E-state index contributed by atoms with van der Waals surface area (Å²) in [5.74, 6) is 1.64. The zero-order valence-electron chi connectivity index (χ0n) is 18.1. The van der Waals surface area contributed by atoms with Crippen molar-refractivity contribution in [2.75, 3.05) is 12.0 Å². The molecule has 162 valence electrons. The van der Waals surface area contributed by atoms with Gasteiger partial charge in [0.25, 0.3) is 5.56 Å². The Morgan fingerprint density at radius 2 is 1.87 bits per heavy atom. The molecule has 1 aromatic heterocycles. The van der Waals surface area contributed by atoms with Crippen molar-refractivity contribution in [3.63, 3.8) is 0 Å². The molecule has 0 aliphatic heterocycles. The van der Waals surface area contributed by atoms with Gasteiger partial charge in [-0.15, -0.1) is 0 Å². The minimum atomic E-state index is -0.204. The van der Waals surface area contributed by atoms with Crippen LogP contribution in [0, 0.1) is 6.92 Å². The molecule has 0 radical (unpaired) electrons. The fourth-order valence-electron chi connectivity index (χ4n) is 2.95. The maximum atomic E-state index is 11.7. The first-order chi connectivity index (χ1) is 15.1. The number of H-pyrrole nitrogens is 1. The quantitative estimate of drug-likeness (QED) is 0.374. The van der Waals surface area contributed by atoms with E-state index in [1.54, 1.807) is 6.21 Å². The first kappa shape index (κ1) is 22.1. The van der Waals surface area contributed by atoms with Gasteiger partial charge in [-0.25, -0.2) is 10.4 Å². The van der Waals surface area contributed by atoms with Crippen molar-refractivity contribution in [3.8, 4) is 11.5 Å². The van der Waals surface area contributed by atoms with Gasteiger partial charge in [0.1, 0.15) is 6.61 Å². The highest BCUT2D eigenvalue weighted by atomic mass is 16.5. The molecule has 0 bridgehead atoms. The maximum Gasteiger partial charge on any atom is 0.252 e. The number of rotatable bonds is 10. The summed E-state index contributed by atoms with van der Waals surface area (Å²) in [6, 6.07) is 15.4. The van der Waals surface area contributed by atoms with Crippen LogP contribution in [-0.4, -0.2) is 22.8 Å². The summed E-state index contributed by atoms with van der Waals surface area (Å²) >= 11 is 0. The van der Waals surface area contributed by atoms with Crippen LogP contribution in [0.3, 0.4) is 0 Å². The normalized spacial score (nSPS) is 10.9. The van der Waals surface area contributed by atoms with Gasteiger partial charge >= 0.3 is 0 Å². The molecule has 0 atom stereocenters. The molecule has 2 N–H and O–H groups in total. The average Bonchev–Trinajstić information content (AvgIpc) is 2.74. The van der Waals surface area contributed by atoms with E-state index in [0.717, 1.165) is 29.7 Å². The average molecular weight is 421 g/mol. The Labute approximate surface area is 182 Å². The van der Waals surface area contributed by atoms with Crippen LogP contribution in [0.2, 0.25) is 0 Å². The first-order valence-corrected chi connectivity index (χ1v) is 10.4. The molecule has 0 saturated heterocycles. The van der Waals surface area contributed by atoms with Crippen LogP contribution in [0.4, 0.5) is 5.95 Å². The van der Waals surface area contributed by atoms with E-state index < -0.39 is 0 Å². The third-order valence-corrected chi connectivity index (χ3v) is 4.47. The standard InChI is InChI=1S/C24H28N4O3/c1-4-6-20-14-23(29)27-24(26-20)28-25-15-19-11-12-21(22(13-19)30-5-2)31-16-18-9-7-17(3)8-10-18/h7-15H,4-6,16H2,1-3H3,(H2,26,27,28,29)/b25-15+. The van der Waals surface area contributed by atoms with Crippen LogP contribution in [0.15, 0.2) is 58.4 Å². The smallest absolute Gasteiger partial charge is 0.252 e. The number of hydrazone groups is 1. The lowest BCUT2D eigenvalue weighted by molar-refractivity contribution is 0.269. The zero-order valence-corrected chi connectivity index (χ0v) is 18.1. The lowest BCUT2D eigenvalue weighted by atomic mass is 10.2.